The average molecular weight is 268 g/mol. The summed E-state index contributed by atoms with van der Waals surface area (Å²) < 4.78 is 5.49. The zero-order chi connectivity index (χ0) is 13.0. The second-order valence-electron chi connectivity index (χ2n) is 4.80. The topological polar surface area (TPSA) is 39.2 Å². The van der Waals surface area contributed by atoms with E-state index < -0.39 is 0 Å². The van der Waals surface area contributed by atoms with Crippen LogP contribution in [0, 0.1) is 5.92 Å². The predicted molar refractivity (Wildman–Crippen MR) is 70.7 cm³/mol. The van der Waals surface area contributed by atoms with Crippen LogP contribution in [0.15, 0.2) is 18.5 Å². The minimum absolute atomic E-state index is 0.253. The lowest BCUT2D eigenvalue weighted by Gasteiger charge is -2.34. The van der Waals surface area contributed by atoms with Crippen LogP contribution in [0.1, 0.15) is 31.7 Å². The van der Waals surface area contributed by atoms with Gasteiger partial charge >= 0.3 is 0 Å². The van der Waals surface area contributed by atoms with E-state index in [1.807, 2.05) is 13.0 Å². The van der Waals surface area contributed by atoms with Gasteiger partial charge in [0.2, 0.25) is 0 Å². The van der Waals surface area contributed by atoms with Crippen LogP contribution >= 0.6 is 11.6 Å². The quantitative estimate of drug-likeness (QED) is 0.795. The molecule has 4 heteroatoms. The lowest BCUT2D eigenvalue weighted by molar-refractivity contribution is -0.121. The van der Waals surface area contributed by atoms with Gasteiger partial charge in [-0.05, 0) is 37.3 Å². The van der Waals surface area contributed by atoms with E-state index in [0.717, 1.165) is 25.0 Å². The van der Waals surface area contributed by atoms with E-state index in [4.69, 9.17) is 16.3 Å². The molecule has 1 aliphatic rings. The summed E-state index contributed by atoms with van der Waals surface area (Å²) >= 11 is 5.98. The highest BCUT2D eigenvalue weighted by molar-refractivity contribution is 6.31. The third-order valence-corrected chi connectivity index (χ3v) is 3.70. The zero-order valence-electron chi connectivity index (χ0n) is 10.6. The van der Waals surface area contributed by atoms with Crippen molar-refractivity contribution in [1.82, 2.24) is 4.98 Å². The van der Waals surface area contributed by atoms with E-state index in [2.05, 4.69) is 4.98 Å². The summed E-state index contributed by atoms with van der Waals surface area (Å²) in [5.41, 5.74) is 0.873. The van der Waals surface area contributed by atoms with E-state index in [1.54, 1.807) is 12.4 Å². The zero-order valence-corrected chi connectivity index (χ0v) is 11.3. The molecular weight excluding hydrogens is 250 g/mol. The molecule has 1 aliphatic carbocycles. The van der Waals surface area contributed by atoms with Crippen LogP contribution in [0.5, 0.6) is 0 Å². The summed E-state index contributed by atoms with van der Waals surface area (Å²) in [6, 6.07) is 1.81. The molecule has 0 N–H and O–H groups in total. The molecule has 1 aromatic heterocycles. The fourth-order valence-corrected chi connectivity index (χ4v) is 2.55. The number of pyridine rings is 1. The molecule has 0 radical (unpaired) electrons. The van der Waals surface area contributed by atoms with E-state index in [9.17, 15) is 4.79 Å². The summed E-state index contributed by atoms with van der Waals surface area (Å²) in [4.78, 5) is 15.8. The van der Waals surface area contributed by atoms with Crippen LogP contribution in [-0.2, 0) is 16.0 Å². The molecule has 0 spiro atoms. The van der Waals surface area contributed by atoms with E-state index in [0.29, 0.717) is 29.9 Å². The highest BCUT2D eigenvalue weighted by atomic mass is 35.5. The molecule has 1 fully saturated rings. The van der Waals surface area contributed by atoms with Gasteiger partial charge in [0.1, 0.15) is 5.78 Å². The first kappa shape index (κ1) is 13.5. The summed E-state index contributed by atoms with van der Waals surface area (Å²) in [6.07, 6.45) is 6.71. The normalized spacial score (nSPS) is 22.6. The van der Waals surface area contributed by atoms with Crippen LogP contribution in [-0.4, -0.2) is 23.5 Å². The van der Waals surface area contributed by atoms with Crippen molar-refractivity contribution in [3.05, 3.63) is 29.0 Å². The van der Waals surface area contributed by atoms with Gasteiger partial charge in [-0.2, -0.15) is 0 Å². The highest BCUT2D eigenvalue weighted by Gasteiger charge is 2.30. The van der Waals surface area contributed by atoms with Gasteiger partial charge in [0, 0.05) is 31.8 Å². The average Bonchev–Trinajstić information content (AvgIpc) is 2.29. The smallest absolute Gasteiger partial charge is 0.137 e. The number of halogens is 1. The van der Waals surface area contributed by atoms with Crippen LogP contribution in [0.2, 0.25) is 5.02 Å². The van der Waals surface area contributed by atoms with Gasteiger partial charge in [-0.1, -0.05) is 11.6 Å². The van der Waals surface area contributed by atoms with Crippen molar-refractivity contribution in [2.75, 3.05) is 6.61 Å². The Morgan fingerprint density at radius 1 is 1.56 bits per heavy atom. The number of Topliss-reactive ketones (excluding diaryl/α,β-unsaturated/α-hetero) is 1. The van der Waals surface area contributed by atoms with Gasteiger partial charge in [-0.3, -0.25) is 9.78 Å². The Morgan fingerprint density at radius 2 is 2.33 bits per heavy atom. The van der Waals surface area contributed by atoms with Crippen LogP contribution < -0.4 is 0 Å². The van der Waals surface area contributed by atoms with Crippen LogP contribution in [0.4, 0.5) is 0 Å². The SMILES string of the molecule is CCOC1CC(CC(=O)Cc2ccncc2Cl)C1. The molecule has 1 heterocycles. The Kier molecular flexibility index (Phi) is 4.72. The molecule has 2 rings (SSSR count). The maximum absolute atomic E-state index is 11.9. The van der Waals surface area contributed by atoms with E-state index in [-0.39, 0.29) is 5.78 Å². The first-order valence-electron chi connectivity index (χ1n) is 6.40. The number of carbonyl (C=O) groups excluding carboxylic acids is 1. The Morgan fingerprint density at radius 3 is 3.00 bits per heavy atom. The molecule has 98 valence electrons. The molecule has 0 atom stereocenters. The van der Waals surface area contributed by atoms with Gasteiger partial charge in [0.25, 0.3) is 0 Å². The number of hydrogen-bond donors (Lipinski definition) is 0. The molecule has 0 aromatic carbocycles. The van der Waals surface area contributed by atoms with Gasteiger partial charge in [-0.15, -0.1) is 0 Å². The first-order chi connectivity index (χ1) is 8.69. The minimum atomic E-state index is 0.253. The van der Waals surface area contributed by atoms with E-state index in [1.165, 1.54) is 0 Å². The maximum Gasteiger partial charge on any atom is 0.137 e. The molecular formula is C14H18ClNO2. The van der Waals surface area contributed by atoms with Crippen molar-refractivity contribution >= 4 is 17.4 Å². The summed E-state index contributed by atoms with van der Waals surface area (Å²) in [7, 11) is 0. The second kappa shape index (κ2) is 6.30. The molecule has 18 heavy (non-hydrogen) atoms. The fourth-order valence-electron chi connectivity index (χ4n) is 2.37. The molecule has 0 aliphatic heterocycles. The standard InChI is InChI=1S/C14H18ClNO2/c1-2-18-13-6-10(7-13)5-12(17)8-11-3-4-16-9-14(11)15/h3-4,9-10,13H,2,5-8H2,1H3. The number of rotatable bonds is 6. The van der Waals surface area contributed by atoms with Gasteiger partial charge in [-0.25, -0.2) is 0 Å². The molecule has 1 aromatic rings. The van der Waals surface area contributed by atoms with Crippen molar-refractivity contribution in [1.29, 1.82) is 0 Å². The lowest BCUT2D eigenvalue weighted by Crippen LogP contribution is -2.33. The van der Waals surface area contributed by atoms with Crippen LogP contribution in [0.3, 0.4) is 0 Å². The maximum atomic E-state index is 11.9. The molecule has 1 saturated carbocycles. The third kappa shape index (κ3) is 3.53. The largest absolute Gasteiger partial charge is 0.378 e. The number of carbonyl (C=O) groups is 1. The van der Waals surface area contributed by atoms with Crippen molar-refractivity contribution < 1.29 is 9.53 Å². The lowest BCUT2D eigenvalue weighted by atomic mass is 9.78. The molecule has 0 amide bonds. The number of hydrogen-bond acceptors (Lipinski definition) is 3. The third-order valence-electron chi connectivity index (χ3n) is 3.36. The Hall–Kier alpha value is -0.930. The van der Waals surface area contributed by atoms with E-state index >= 15 is 0 Å². The monoisotopic (exact) mass is 267 g/mol. The minimum Gasteiger partial charge on any atom is -0.378 e. The van der Waals surface area contributed by atoms with Crippen molar-refractivity contribution in [3.8, 4) is 0 Å². The van der Waals surface area contributed by atoms with Gasteiger partial charge in [0.05, 0.1) is 11.1 Å². The Balaban J connectivity index is 1.75. The Bertz CT molecular complexity index is 416. The number of aromatic nitrogens is 1. The first-order valence-corrected chi connectivity index (χ1v) is 6.78. The van der Waals surface area contributed by atoms with Gasteiger partial charge < -0.3 is 4.74 Å². The summed E-state index contributed by atoms with van der Waals surface area (Å²) in [5, 5.41) is 0.576. The van der Waals surface area contributed by atoms with Crippen molar-refractivity contribution in [2.45, 2.75) is 38.7 Å². The Labute approximate surface area is 113 Å². The second-order valence-corrected chi connectivity index (χ2v) is 5.21. The predicted octanol–water partition coefficient (Wildman–Crippen LogP) is 3.05. The molecule has 0 bridgehead atoms. The fraction of sp³-hybridized carbons (Fsp3) is 0.571. The number of nitrogens with zero attached hydrogens (tertiary/aromatic N) is 1. The summed E-state index contributed by atoms with van der Waals surface area (Å²) in [6.45, 7) is 2.77. The highest BCUT2D eigenvalue weighted by Crippen LogP contribution is 2.33. The van der Waals surface area contributed by atoms with Crippen molar-refractivity contribution in [3.63, 3.8) is 0 Å². The molecule has 0 unspecified atom stereocenters. The van der Waals surface area contributed by atoms with Gasteiger partial charge in [0.15, 0.2) is 0 Å². The number of ketones is 1. The van der Waals surface area contributed by atoms with Crippen LogP contribution in [0.25, 0.3) is 0 Å². The molecule has 3 nitrogen and oxygen atoms in total. The molecule has 0 saturated heterocycles. The van der Waals surface area contributed by atoms with Crippen molar-refractivity contribution in [2.24, 2.45) is 5.92 Å². The number of ether oxygens (including phenoxy) is 1. The summed E-state index contributed by atoms with van der Waals surface area (Å²) in [5.74, 6) is 0.748.